The molecule has 3 heterocycles. The number of rotatable bonds is 7. The number of hydrogen-bond acceptors (Lipinski definition) is 7. The van der Waals surface area contributed by atoms with Gasteiger partial charge in [0, 0.05) is 45.3 Å². The highest BCUT2D eigenvalue weighted by atomic mass is 32.2. The van der Waals surface area contributed by atoms with E-state index < -0.39 is 10.0 Å². The molecular weight excluding hydrogens is 416 g/mol. The topological polar surface area (TPSA) is 94.8 Å². The minimum Gasteiger partial charge on any atom is -0.395 e. The second-order valence-electron chi connectivity index (χ2n) is 8.73. The summed E-state index contributed by atoms with van der Waals surface area (Å²) in [5.74, 6) is 0.156. The number of aliphatic hydroxyl groups is 1. The predicted octanol–water partition coefficient (Wildman–Crippen LogP) is 0.0671. The third kappa shape index (κ3) is 5.50. The summed E-state index contributed by atoms with van der Waals surface area (Å²) in [5, 5.41) is 17.5. The second kappa shape index (κ2) is 9.33. The van der Waals surface area contributed by atoms with Crippen molar-refractivity contribution in [1.82, 2.24) is 29.1 Å². The lowest BCUT2D eigenvalue weighted by atomic mass is 10.1. The van der Waals surface area contributed by atoms with Gasteiger partial charge in [-0.05, 0) is 19.4 Å². The molecule has 1 N–H and O–H groups in total. The van der Waals surface area contributed by atoms with Crippen LogP contribution in [0.3, 0.4) is 0 Å². The van der Waals surface area contributed by atoms with E-state index in [9.17, 15) is 8.42 Å². The van der Waals surface area contributed by atoms with Crippen molar-refractivity contribution in [3.05, 3.63) is 46.8 Å². The van der Waals surface area contributed by atoms with Crippen molar-refractivity contribution >= 4 is 10.0 Å². The van der Waals surface area contributed by atoms with Crippen molar-refractivity contribution in [3.8, 4) is 0 Å². The highest BCUT2D eigenvalue weighted by molar-refractivity contribution is 7.89. The molecule has 2 aliphatic heterocycles. The van der Waals surface area contributed by atoms with Crippen molar-refractivity contribution in [2.45, 2.75) is 33.0 Å². The highest BCUT2D eigenvalue weighted by Crippen LogP contribution is 2.22. The van der Waals surface area contributed by atoms with E-state index in [1.54, 1.807) is 8.99 Å². The largest absolute Gasteiger partial charge is 0.395 e. The highest BCUT2D eigenvalue weighted by Gasteiger charge is 2.40. The van der Waals surface area contributed by atoms with Crippen LogP contribution in [0.4, 0.5) is 0 Å². The predicted molar refractivity (Wildman–Crippen MR) is 118 cm³/mol. The van der Waals surface area contributed by atoms with E-state index in [1.165, 1.54) is 11.1 Å². The first-order valence-corrected chi connectivity index (χ1v) is 12.4. The molecule has 170 valence electrons. The van der Waals surface area contributed by atoms with Crippen LogP contribution in [0.5, 0.6) is 0 Å². The molecule has 0 aliphatic carbocycles. The maximum atomic E-state index is 12.8. The van der Waals surface area contributed by atoms with Crippen LogP contribution in [0.15, 0.2) is 24.4 Å². The van der Waals surface area contributed by atoms with Gasteiger partial charge in [-0.1, -0.05) is 34.5 Å². The first-order chi connectivity index (χ1) is 14.8. The van der Waals surface area contributed by atoms with Crippen LogP contribution in [0.25, 0.3) is 0 Å². The van der Waals surface area contributed by atoms with Crippen LogP contribution >= 0.6 is 0 Å². The van der Waals surface area contributed by atoms with Gasteiger partial charge in [0.25, 0.3) is 0 Å². The number of aliphatic hydroxyl groups excluding tert-OH is 1. The summed E-state index contributed by atoms with van der Waals surface area (Å²) < 4.78 is 28.8. The standard InChI is InChI=1S/C21H32N6O3S/c1-17-9-18(2)11-19(10-17)12-26-13-20(22-23-26)14-27-15-21(16-31(27,29)30)25-5-3-24(4-6-25)7-8-28/h9-11,13,21,28H,3-8,12,14-16H2,1-2H3. The average molecular weight is 449 g/mol. The molecule has 0 saturated carbocycles. The van der Waals surface area contributed by atoms with Gasteiger partial charge >= 0.3 is 0 Å². The van der Waals surface area contributed by atoms with Gasteiger partial charge in [0.1, 0.15) is 0 Å². The molecule has 2 fully saturated rings. The maximum absolute atomic E-state index is 12.8. The molecule has 1 atom stereocenters. The number of benzene rings is 1. The summed E-state index contributed by atoms with van der Waals surface area (Å²) in [7, 11) is -3.31. The van der Waals surface area contributed by atoms with Gasteiger partial charge < -0.3 is 5.11 Å². The lowest BCUT2D eigenvalue weighted by Crippen LogP contribution is -2.52. The minimum absolute atomic E-state index is 0.00610. The molecule has 2 aromatic rings. The second-order valence-corrected chi connectivity index (χ2v) is 10.7. The Morgan fingerprint density at radius 2 is 1.77 bits per heavy atom. The Bertz CT molecular complexity index is 980. The number of aromatic nitrogens is 3. The molecular formula is C21H32N6O3S. The van der Waals surface area contributed by atoms with Gasteiger partial charge in [-0.25, -0.2) is 13.1 Å². The lowest BCUT2D eigenvalue weighted by Gasteiger charge is -2.37. The first-order valence-electron chi connectivity index (χ1n) is 10.8. The van der Waals surface area contributed by atoms with Crippen molar-refractivity contribution in [2.75, 3.05) is 51.6 Å². The summed E-state index contributed by atoms with van der Waals surface area (Å²) in [5.41, 5.74) is 4.24. The van der Waals surface area contributed by atoms with Crippen molar-refractivity contribution in [1.29, 1.82) is 0 Å². The van der Waals surface area contributed by atoms with E-state index in [2.05, 4.69) is 52.2 Å². The fraction of sp³-hybridized carbons (Fsp3) is 0.619. The summed E-state index contributed by atoms with van der Waals surface area (Å²) in [6.07, 6.45) is 1.84. The third-order valence-corrected chi connectivity index (χ3v) is 7.97. The molecule has 1 aromatic heterocycles. The summed E-state index contributed by atoms with van der Waals surface area (Å²) in [6.45, 7) is 9.75. The Kier molecular flexibility index (Phi) is 6.73. The smallest absolute Gasteiger partial charge is 0.216 e. The number of hydrogen-bond donors (Lipinski definition) is 1. The maximum Gasteiger partial charge on any atom is 0.216 e. The van der Waals surface area contributed by atoms with Gasteiger partial charge in [-0.15, -0.1) is 5.10 Å². The van der Waals surface area contributed by atoms with Crippen molar-refractivity contribution in [3.63, 3.8) is 0 Å². The molecule has 10 heteroatoms. The van der Waals surface area contributed by atoms with Gasteiger partial charge in [-0.3, -0.25) is 9.80 Å². The quantitative estimate of drug-likeness (QED) is 0.640. The SMILES string of the molecule is Cc1cc(C)cc(Cn2cc(CN3CC(N4CCN(CCO)CC4)CS3(=O)=O)nn2)c1. The third-order valence-electron chi connectivity index (χ3n) is 6.10. The molecule has 31 heavy (non-hydrogen) atoms. The van der Waals surface area contributed by atoms with Crippen LogP contribution in [0.2, 0.25) is 0 Å². The molecule has 1 unspecified atom stereocenters. The lowest BCUT2D eigenvalue weighted by molar-refractivity contribution is 0.0880. The van der Waals surface area contributed by atoms with Crippen LogP contribution in [-0.2, 0) is 23.1 Å². The molecule has 0 radical (unpaired) electrons. The van der Waals surface area contributed by atoms with Gasteiger partial charge in [-0.2, -0.15) is 4.31 Å². The molecule has 4 rings (SSSR count). The van der Waals surface area contributed by atoms with E-state index in [0.29, 0.717) is 25.3 Å². The molecule has 9 nitrogen and oxygen atoms in total. The van der Waals surface area contributed by atoms with E-state index >= 15 is 0 Å². The number of sulfonamides is 1. The fourth-order valence-corrected chi connectivity index (χ4v) is 6.38. The number of β-amino-alcohol motifs (C(OH)–C–C–N with tert-alkyl or cyclic N) is 1. The monoisotopic (exact) mass is 448 g/mol. The Hall–Kier alpha value is -1.85. The minimum atomic E-state index is -3.31. The number of nitrogens with zero attached hydrogens (tertiary/aromatic N) is 6. The van der Waals surface area contributed by atoms with E-state index in [1.807, 2.05) is 6.20 Å². The summed E-state index contributed by atoms with van der Waals surface area (Å²) in [4.78, 5) is 4.48. The zero-order valence-electron chi connectivity index (χ0n) is 18.3. The van der Waals surface area contributed by atoms with Gasteiger partial charge in [0.05, 0.1) is 37.3 Å². The van der Waals surface area contributed by atoms with Crippen molar-refractivity contribution < 1.29 is 13.5 Å². The van der Waals surface area contributed by atoms with Crippen LogP contribution < -0.4 is 0 Å². The van der Waals surface area contributed by atoms with Crippen LogP contribution in [-0.4, -0.2) is 100 Å². The zero-order chi connectivity index (χ0) is 22.0. The number of piperazine rings is 1. The Morgan fingerprint density at radius 3 is 2.45 bits per heavy atom. The summed E-state index contributed by atoms with van der Waals surface area (Å²) >= 11 is 0. The van der Waals surface area contributed by atoms with E-state index in [4.69, 9.17) is 5.11 Å². The van der Waals surface area contributed by atoms with Crippen LogP contribution in [0.1, 0.15) is 22.4 Å². The van der Waals surface area contributed by atoms with Crippen LogP contribution in [0, 0.1) is 13.8 Å². The van der Waals surface area contributed by atoms with E-state index in [-0.39, 0.29) is 24.9 Å². The Balaban J connectivity index is 1.36. The molecule has 2 saturated heterocycles. The van der Waals surface area contributed by atoms with Gasteiger partial charge in [0.2, 0.25) is 10.0 Å². The Morgan fingerprint density at radius 1 is 1.06 bits per heavy atom. The molecule has 0 bridgehead atoms. The fourth-order valence-electron chi connectivity index (χ4n) is 4.64. The normalized spacial score (nSPS) is 22.9. The van der Waals surface area contributed by atoms with Crippen molar-refractivity contribution in [2.24, 2.45) is 0 Å². The summed E-state index contributed by atoms with van der Waals surface area (Å²) in [6, 6.07) is 6.40. The molecule has 0 spiro atoms. The Labute approximate surface area is 184 Å². The van der Waals surface area contributed by atoms with Gasteiger partial charge in [0.15, 0.2) is 0 Å². The molecule has 1 aromatic carbocycles. The molecule has 0 amide bonds. The number of aryl methyl sites for hydroxylation is 2. The van der Waals surface area contributed by atoms with E-state index in [0.717, 1.165) is 31.7 Å². The zero-order valence-corrected chi connectivity index (χ0v) is 19.1. The first kappa shape index (κ1) is 22.3. The average Bonchev–Trinajstić information content (AvgIpc) is 3.25. The molecule has 2 aliphatic rings.